The number of fused-ring (bicyclic) bond motifs is 1. The molecule has 1 aliphatic heterocycles. The molecule has 3 rings (SSSR count). The van der Waals surface area contributed by atoms with Gasteiger partial charge in [-0.3, -0.25) is 9.69 Å². The van der Waals surface area contributed by atoms with Gasteiger partial charge in [0.25, 0.3) is 0 Å². The Labute approximate surface area is 146 Å². The van der Waals surface area contributed by atoms with Crippen LogP contribution in [0.1, 0.15) is 29.9 Å². The molecule has 0 bridgehead atoms. The molecule has 24 heavy (non-hydrogen) atoms. The van der Waals surface area contributed by atoms with Gasteiger partial charge in [0.15, 0.2) is 5.13 Å². The number of aromatic nitrogens is 1. The van der Waals surface area contributed by atoms with Crippen molar-refractivity contribution in [2.45, 2.75) is 39.3 Å². The second-order valence-corrected chi connectivity index (χ2v) is 7.34. The average molecular weight is 345 g/mol. The fraction of sp³-hybridized carbons (Fsp3) is 0.444. The Morgan fingerprint density at radius 1 is 1.46 bits per heavy atom. The molecule has 1 aromatic heterocycles. The Morgan fingerprint density at radius 3 is 3.04 bits per heavy atom. The van der Waals surface area contributed by atoms with Gasteiger partial charge in [0.2, 0.25) is 5.91 Å². The summed E-state index contributed by atoms with van der Waals surface area (Å²) in [5.74, 6) is 0.848. The molecule has 1 atom stereocenters. The Balaban J connectivity index is 1.69. The normalized spacial score (nSPS) is 17.9. The summed E-state index contributed by atoms with van der Waals surface area (Å²) in [5.41, 5.74) is 2.79. The number of carbonyl (C=O) groups is 1. The number of anilines is 1. The highest BCUT2D eigenvalue weighted by molar-refractivity contribution is 7.15. The number of benzene rings is 1. The van der Waals surface area contributed by atoms with Crippen LogP contribution in [-0.2, 0) is 24.2 Å². The lowest BCUT2D eigenvalue weighted by molar-refractivity contribution is -0.114. The van der Waals surface area contributed by atoms with Gasteiger partial charge in [0.1, 0.15) is 5.75 Å². The third-order valence-electron chi connectivity index (χ3n) is 4.42. The zero-order chi connectivity index (χ0) is 17.1. The number of nitrogens with zero attached hydrogens (tertiary/aromatic N) is 2. The molecule has 1 aliphatic rings. The lowest BCUT2D eigenvalue weighted by Gasteiger charge is -2.26. The molecule has 1 aromatic carbocycles. The highest BCUT2D eigenvalue weighted by Crippen LogP contribution is 2.26. The predicted molar refractivity (Wildman–Crippen MR) is 96.7 cm³/mol. The Hall–Kier alpha value is -1.92. The molecule has 2 aromatic rings. The van der Waals surface area contributed by atoms with Gasteiger partial charge in [0.05, 0.1) is 7.11 Å². The lowest BCUT2D eigenvalue weighted by atomic mass is 10.0. The molecule has 128 valence electrons. The monoisotopic (exact) mass is 345 g/mol. The van der Waals surface area contributed by atoms with Gasteiger partial charge in [-0.2, -0.15) is 0 Å². The third-order valence-corrected chi connectivity index (χ3v) is 5.31. The Kier molecular flexibility index (Phi) is 5.16. The van der Waals surface area contributed by atoms with Crippen molar-refractivity contribution in [1.82, 2.24) is 9.88 Å². The van der Waals surface area contributed by atoms with E-state index in [9.17, 15) is 4.79 Å². The smallest absolute Gasteiger partial charge is 0.223 e. The van der Waals surface area contributed by atoms with Crippen molar-refractivity contribution in [3.63, 3.8) is 0 Å². The van der Waals surface area contributed by atoms with E-state index in [1.165, 1.54) is 22.9 Å². The van der Waals surface area contributed by atoms with Gasteiger partial charge in [-0.15, -0.1) is 11.3 Å². The summed E-state index contributed by atoms with van der Waals surface area (Å²) in [5, 5.41) is 3.42. The van der Waals surface area contributed by atoms with Crippen molar-refractivity contribution in [1.29, 1.82) is 0 Å². The van der Waals surface area contributed by atoms with Crippen molar-refractivity contribution in [3.05, 3.63) is 40.4 Å². The molecule has 1 N–H and O–H groups in total. The van der Waals surface area contributed by atoms with E-state index in [-0.39, 0.29) is 5.91 Å². The maximum absolute atomic E-state index is 11.1. The molecule has 0 fully saturated rings. The van der Waals surface area contributed by atoms with E-state index < -0.39 is 0 Å². The Bertz CT molecular complexity index is 729. The maximum Gasteiger partial charge on any atom is 0.223 e. The number of hydrogen-bond acceptors (Lipinski definition) is 5. The average Bonchev–Trinajstić information content (AvgIpc) is 2.91. The summed E-state index contributed by atoms with van der Waals surface area (Å²) >= 11 is 1.55. The van der Waals surface area contributed by atoms with Gasteiger partial charge in [-0.05, 0) is 43.0 Å². The molecule has 1 amide bonds. The molecule has 0 spiro atoms. The SMILES string of the molecule is COc1ccc2c(c1)CCN(Cc1cnc(NC(C)=O)s1)[C@@H](C)C2. The van der Waals surface area contributed by atoms with Crippen LogP contribution in [0.3, 0.4) is 0 Å². The molecular weight excluding hydrogens is 322 g/mol. The zero-order valence-corrected chi connectivity index (χ0v) is 15.2. The largest absolute Gasteiger partial charge is 0.497 e. The molecular formula is C18H23N3O2S. The summed E-state index contributed by atoms with van der Waals surface area (Å²) in [6, 6.07) is 6.86. The first kappa shape index (κ1) is 16.9. The lowest BCUT2D eigenvalue weighted by Crippen LogP contribution is -2.33. The van der Waals surface area contributed by atoms with Crippen LogP contribution in [0.15, 0.2) is 24.4 Å². The first-order chi connectivity index (χ1) is 11.5. The third kappa shape index (κ3) is 3.94. The predicted octanol–water partition coefficient (Wildman–Crippen LogP) is 3.10. The number of rotatable bonds is 4. The van der Waals surface area contributed by atoms with E-state index >= 15 is 0 Å². The van der Waals surface area contributed by atoms with E-state index in [2.05, 4.69) is 34.3 Å². The fourth-order valence-electron chi connectivity index (χ4n) is 3.12. The van der Waals surface area contributed by atoms with Crippen molar-refractivity contribution < 1.29 is 9.53 Å². The van der Waals surface area contributed by atoms with E-state index in [1.54, 1.807) is 18.4 Å². The van der Waals surface area contributed by atoms with Crippen LogP contribution in [0.2, 0.25) is 0 Å². The number of amides is 1. The van der Waals surface area contributed by atoms with Gasteiger partial charge in [-0.25, -0.2) is 4.98 Å². The van der Waals surface area contributed by atoms with Crippen molar-refractivity contribution in [3.8, 4) is 5.75 Å². The zero-order valence-electron chi connectivity index (χ0n) is 14.3. The van der Waals surface area contributed by atoms with Crippen LogP contribution in [0.4, 0.5) is 5.13 Å². The van der Waals surface area contributed by atoms with Crippen molar-refractivity contribution in [2.75, 3.05) is 19.0 Å². The quantitative estimate of drug-likeness (QED) is 0.925. The summed E-state index contributed by atoms with van der Waals surface area (Å²) in [6.45, 7) is 5.65. The van der Waals surface area contributed by atoms with Crippen LogP contribution in [-0.4, -0.2) is 35.5 Å². The number of nitrogens with one attached hydrogen (secondary N) is 1. The molecule has 5 nitrogen and oxygen atoms in total. The minimum absolute atomic E-state index is 0.0802. The van der Waals surface area contributed by atoms with Crippen LogP contribution in [0.5, 0.6) is 5.75 Å². The second-order valence-electron chi connectivity index (χ2n) is 6.22. The second kappa shape index (κ2) is 7.32. The molecule has 0 saturated heterocycles. The van der Waals surface area contributed by atoms with Gasteiger partial charge >= 0.3 is 0 Å². The van der Waals surface area contributed by atoms with Crippen molar-refractivity contribution in [2.24, 2.45) is 0 Å². The van der Waals surface area contributed by atoms with E-state index in [1.807, 2.05) is 12.3 Å². The minimum Gasteiger partial charge on any atom is -0.497 e. The summed E-state index contributed by atoms with van der Waals surface area (Å²) in [7, 11) is 1.71. The van der Waals surface area contributed by atoms with Gasteiger partial charge in [0, 0.05) is 37.1 Å². The van der Waals surface area contributed by atoms with Crippen LogP contribution >= 0.6 is 11.3 Å². The standard InChI is InChI=1S/C18H23N3O2S/c1-12-8-14-4-5-16(23-3)9-15(14)6-7-21(12)11-17-10-19-18(24-17)20-13(2)22/h4-5,9-10,12H,6-8,11H2,1-3H3,(H,19,20,22)/t12-/m0/s1. The molecule has 0 saturated carbocycles. The van der Waals surface area contributed by atoms with E-state index in [0.717, 1.165) is 31.7 Å². The van der Waals surface area contributed by atoms with Crippen LogP contribution in [0.25, 0.3) is 0 Å². The first-order valence-corrected chi connectivity index (χ1v) is 8.99. The maximum atomic E-state index is 11.1. The minimum atomic E-state index is -0.0802. The van der Waals surface area contributed by atoms with E-state index in [0.29, 0.717) is 11.2 Å². The summed E-state index contributed by atoms with van der Waals surface area (Å²) in [4.78, 5) is 19.1. The van der Waals surface area contributed by atoms with Gasteiger partial charge < -0.3 is 10.1 Å². The molecule has 2 heterocycles. The number of thiazole rings is 1. The van der Waals surface area contributed by atoms with Gasteiger partial charge in [-0.1, -0.05) is 6.07 Å². The Morgan fingerprint density at radius 2 is 2.29 bits per heavy atom. The highest BCUT2D eigenvalue weighted by Gasteiger charge is 2.21. The fourth-order valence-corrected chi connectivity index (χ4v) is 4.00. The number of ether oxygens (including phenoxy) is 1. The number of hydrogen-bond donors (Lipinski definition) is 1. The molecule has 6 heteroatoms. The number of carbonyl (C=O) groups excluding carboxylic acids is 1. The van der Waals surface area contributed by atoms with Crippen molar-refractivity contribution >= 4 is 22.4 Å². The highest BCUT2D eigenvalue weighted by atomic mass is 32.1. The van der Waals surface area contributed by atoms with Crippen LogP contribution in [0, 0.1) is 0 Å². The number of methoxy groups -OCH3 is 1. The first-order valence-electron chi connectivity index (χ1n) is 8.17. The van der Waals surface area contributed by atoms with E-state index in [4.69, 9.17) is 4.74 Å². The summed E-state index contributed by atoms with van der Waals surface area (Å²) < 4.78 is 5.35. The topological polar surface area (TPSA) is 54.5 Å². The molecule has 0 radical (unpaired) electrons. The van der Waals surface area contributed by atoms with Crippen LogP contribution < -0.4 is 10.1 Å². The molecule has 0 aliphatic carbocycles. The summed E-state index contributed by atoms with van der Waals surface area (Å²) in [6.07, 6.45) is 3.93. The molecule has 0 unspecified atom stereocenters.